The lowest BCUT2D eigenvalue weighted by Gasteiger charge is -2.27. The van der Waals surface area contributed by atoms with E-state index >= 15 is 0 Å². The van der Waals surface area contributed by atoms with Crippen LogP contribution in [0.4, 0.5) is 15.9 Å². The maximum absolute atomic E-state index is 13.3. The van der Waals surface area contributed by atoms with Crippen LogP contribution in [0.1, 0.15) is 56.0 Å². The Hall–Kier alpha value is -2.54. The summed E-state index contributed by atoms with van der Waals surface area (Å²) in [5.74, 6) is 2.17. The highest BCUT2D eigenvalue weighted by molar-refractivity contribution is 5.96. The minimum atomic E-state index is -0.301. The van der Waals surface area contributed by atoms with Crippen LogP contribution in [0.25, 0.3) is 0 Å². The molecule has 7 heteroatoms. The molecule has 0 N–H and O–H groups in total. The van der Waals surface area contributed by atoms with E-state index in [0.717, 1.165) is 35.5 Å². The lowest BCUT2D eigenvalue weighted by atomic mass is 9.89. The second kappa shape index (κ2) is 9.94. The van der Waals surface area contributed by atoms with Gasteiger partial charge in [0.25, 0.3) is 0 Å². The summed E-state index contributed by atoms with van der Waals surface area (Å²) in [5.41, 5.74) is 1.64. The average molecular weight is 440 g/mol. The summed E-state index contributed by atoms with van der Waals surface area (Å²) >= 11 is 0. The molecular formula is C25H34FN5O. The van der Waals surface area contributed by atoms with Gasteiger partial charge in [-0.05, 0) is 50.1 Å². The molecule has 1 saturated carbocycles. The normalized spacial score (nSPS) is 19.7. The number of anilines is 2. The van der Waals surface area contributed by atoms with Crippen molar-refractivity contribution in [3.63, 3.8) is 0 Å². The lowest BCUT2D eigenvalue weighted by molar-refractivity contribution is -0.117. The smallest absolute Gasteiger partial charge is 0.227 e. The molecule has 1 aliphatic heterocycles. The summed E-state index contributed by atoms with van der Waals surface area (Å²) in [6.45, 7) is 2.32. The average Bonchev–Trinajstić information content (AvgIpc) is 3.16. The summed E-state index contributed by atoms with van der Waals surface area (Å²) in [6.07, 6.45) is 7.09. The van der Waals surface area contributed by atoms with Crippen molar-refractivity contribution in [2.75, 3.05) is 44.0 Å². The van der Waals surface area contributed by atoms with E-state index in [9.17, 15) is 9.18 Å². The number of carbonyl (C=O) groups excluding carboxylic acids is 1. The Morgan fingerprint density at radius 1 is 1.06 bits per heavy atom. The van der Waals surface area contributed by atoms with Crippen molar-refractivity contribution < 1.29 is 9.18 Å². The topological polar surface area (TPSA) is 52.6 Å². The first kappa shape index (κ1) is 22.6. The second-order valence-electron chi connectivity index (χ2n) is 9.54. The maximum atomic E-state index is 13.3. The molecule has 2 fully saturated rings. The third kappa shape index (κ3) is 5.44. The predicted molar refractivity (Wildman–Crippen MR) is 125 cm³/mol. The Bertz CT molecular complexity index is 926. The minimum Gasteiger partial charge on any atom is -0.363 e. The zero-order valence-corrected chi connectivity index (χ0v) is 19.4. The zero-order chi connectivity index (χ0) is 22.7. The fourth-order valence-corrected chi connectivity index (χ4v) is 4.90. The maximum Gasteiger partial charge on any atom is 0.227 e. The van der Waals surface area contributed by atoms with Crippen LogP contribution in [0.3, 0.4) is 0 Å². The van der Waals surface area contributed by atoms with E-state index < -0.39 is 0 Å². The van der Waals surface area contributed by atoms with Gasteiger partial charge in [0.1, 0.15) is 17.5 Å². The van der Waals surface area contributed by atoms with Gasteiger partial charge in [-0.2, -0.15) is 0 Å². The predicted octanol–water partition coefficient (Wildman–Crippen LogP) is 4.21. The quantitative estimate of drug-likeness (QED) is 0.647. The highest BCUT2D eigenvalue weighted by atomic mass is 19.1. The van der Waals surface area contributed by atoms with Crippen LogP contribution in [0.2, 0.25) is 0 Å². The molecule has 172 valence electrons. The molecule has 6 nitrogen and oxygen atoms in total. The van der Waals surface area contributed by atoms with Crippen LogP contribution in [-0.2, 0) is 11.3 Å². The molecule has 0 spiro atoms. The minimum absolute atomic E-state index is 0.00310. The summed E-state index contributed by atoms with van der Waals surface area (Å²) in [4.78, 5) is 28.4. The lowest BCUT2D eigenvalue weighted by Crippen LogP contribution is -2.28. The summed E-state index contributed by atoms with van der Waals surface area (Å²) in [5, 5.41) is 0. The number of hydrogen-bond acceptors (Lipinski definition) is 5. The summed E-state index contributed by atoms with van der Waals surface area (Å²) in [7, 11) is 6.11. The molecule has 2 aliphatic rings. The second-order valence-corrected chi connectivity index (χ2v) is 9.54. The van der Waals surface area contributed by atoms with E-state index in [1.807, 2.05) is 25.1 Å². The zero-order valence-electron chi connectivity index (χ0n) is 19.4. The van der Waals surface area contributed by atoms with Crippen molar-refractivity contribution in [2.24, 2.45) is 5.92 Å². The fraction of sp³-hybridized carbons (Fsp3) is 0.560. The number of amides is 1. The van der Waals surface area contributed by atoms with Crippen LogP contribution < -0.4 is 9.80 Å². The number of halogens is 1. The molecule has 0 unspecified atom stereocenters. The molecule has 1 saturated heterocycles. The molecule has 0 bridgehead atoms. The van der Waals surface area contributed by atoms with Crippen LogP contribution in [0.15, 0.2) is 30.3 Å². The number of carbonyl (C=O) groups is 1. The van der Waals surface area contributed by atoms with E-state index in [2.05, 4.69) is 11.9 Å². The number of hydrogen-bond donors (Lipinski definition) is 0. The molecule has 2 heterocycles. The number of rotatable bonds is 7. The van der Waals surface area contributed by atoms with Gasteiger partial charge in [0.2, 0.25) is 5.91 Å². The Balaban J connectivity index is 1.50. The van der Waals surface area contributed by atoms with Crippen molar-refractivity contribution in [3.8, 4) is 0 Å². The highest BCUT2D eigenvalue weighted by Crippen LogP contribution is 2.32. The van der Waals surface area contributed by atoms with Crippen LogP contribution in [-0.4, -0.2) is 55.0 Å². The molecule has 0 radical (unpaired) electrons. The molecule has 1 atom stereocenters. The van der Waals surface area contributed by atoms with Crippen molar-refractivity contribution in [3.05, 3.63) is 47.7 Å². The van der Waals surface area contributed by atoms with Crippen molar-refractivity contribution in [1.29, 1.82) is 0 Å². The Labute approximate surface area is 190 Å². The van der Waals surface area contributed by atoms with E-state index in [1.165, 1.54) is 44.2 Å². The third-order valence-corrected chi connectivity index (χ3v) is 6.62. The number of aromatic nitrogens is 2. The molecule has 1 amide bonds. The van der Waals surface area contributed by atoms with Gasteiger partial charge in [-0.15, -0.1) is 0 Å². The van der Waals surface area contributed by atoms with Crippen molar-refractivity contribution >= 4 is 17.4 Å². The molecule has 1 aromatic carbocycles. The Morgan fingerprint density at radius 2 is 1.78 bits per heavy atom. The SMILES string of the molecule is CN(Cc1nc([C@H]2CC(=O)N(c3ccc(F)cc3)C2)cc(N(C)C)n1)CC1CCCCC1. The van der Waals surface area contributed by atoms with Gasteiger partial charge >= 0.3 is 0 Å². The largest absolute Gasteiger partial charge is 0.363 e. The van der Waals surface area contributed by atoms with Gasteiger partial charge in [0, 0.05) is 51.3 Å². The van der Waals surface area contributed by atoms with Gasteiger partial charge < -0.3 is 9.80 Å². The van der Waals surface area contributed by atoms with Crippen LogP contribution in [0, 0.1) is 11.7 Å². The molecule has 4 rings (SSSR count). The van der Waals surface area contributed by atoms with Crippen molar-refractivity contribution in [1.82, 2.24) is 14.9 Å². The molecular weight excluding hydrogens is 405 g/mol. The molecule has 1 aliphatic carbocycles. The van der Waals surface area contributed by atoms with Gasteiger partial charge in [-0.1, -0.05) is 19.3 Å². The number of benzene rings is 1. The highest BCUT2D eigenvalue weighted by Gasteiger charge is 2.33. The fourth-order valence-electron chi connectivity index (χ4n) is 4.90. The summed E-state index contributed by atoms with van der Waals surface area (Å²) in [6, 6.07) is 8.10. The Kier molecular flexibility index (Phi) is 7.04. The van der Waals surface area contributed by atoms with Gasteiger partial charge in [-0.3, -0.25) is 9.69 Å². The van der Waals surface area contributed by atoms with E-state index in [1.54, 1.807) is 17.0 Å². The number of nitrogens with zero attached hydrogens (tertiary/aromatic N) is 5. The van der Waals surface area contributed by atoms with Crippen LogP contribution in [0.5, 0.6) is 0 Å². The molecule has 32 heavy (non-hydrogen) atoms. The summed E-state index contributed by atoms with van der Waals surface area (Å²) < 4.78 is 13.3. The monoisotopic (exact) mass is 439 g/mol. The van der Waals surface area contributed by atoms with Gasteiger partial charge in [-0.25, -0.2) is 14.4 Å². The van der Waals surface area contributed by atoms with E-state index in [0.29, 0.717) is 19.5 Å². The van der Waals surface area contributed by atoms with Crippen LogP contribution >= 0.6 is 0 Å². The van der Waals surface area contributed by atoms with Crippen molar-refractivity contribution in [2.45, 2.75) is 51.0 Å². The first-order valence-corrected chi connectivity index (χ1v) is 11.7. The molecule has 2 aromatic rings. The van der Waals surface area contributed by atoms with Gasteiger partial charge in [0.15, 0.2) is 0 Å². The Morgan fingerprint density at radius 3 is 2.47 bits per heavy atom. The molecule has 1 aromatic heterocycles. The first-order chi connectivity index (χ1) is 15.4. The van der Waals surface area contributed by atoms with Gasteiger partial charge in [0.05, 0.1) is 12.2 Å². The van der Waals surface area contributed by atoms with E-state index in [4.69, 9.17) is 9.97 Å². The first-order valence-electron chi connectivity index (χ1n) is 11.7. The van der Waals surface area contributed by atoms with E-state index in [-0.39, 0.29) is 17.6 Å². The standard InChI is InChI=1S/C25H34FN5O/c1-29(2)24-14-22(19-13-25(32)31(16-19)21-11-9-20(26)10-12-21)27-23(28-24)17-30(3)15-18-7-5-4-6-8-18/h9-12,14,18-19H,4-8,13,15-17H2,1-3H3/t19-/m0/s1. The third-order valence-electron chi connectivity index (χ3n) is 6.62.